The van der Waals surface area contributed by atoms with E-state index in [1.165, 1.54) is 25.7 Å². The Morgan fingerprint density at radius 2 is 1.05 bits per heavy atom. The highest BCUT2D eigenvalue weighted by Gasteiger charge is 2.50. The van der Waals surface area contributed by atoms with Gasteiger partial charge in [0.15, 0.2) is 12.6 Å². The maximum Gasteiger partial charge on any atom is 0.248 e. The average molecular weight is 1200 g/mol. The van der Waals surface area contributed by atoms with Crippen LogP contribution in [0.3, 0.4) is 0 Å². The van der Waals surface area contributed by atoms with Crippen molar-refractivity contribution in [3.05, 3.63) is 0 Å². The third kappa shape index (κ3) is 18.9. The average Bonchev–Trinajstić information content (AvgIpc) is 2.66. The van der Waals surface area contributed by atoms with Gasteiger partial charge in [-0.2, -0.15) is 0 Å². The van der Waals surface area contributed by atoms with Crippen molar-refractivity contribution in [2.75, 3.05) is 32.8 Å². The lowest BCUT2D eigenvalue weighted by molar-refractivity contribution is -0.282. The fourth-order valence-electron chi connectivity index (χ4n) is 10.6. The molecular weight excluding hydrogens is 1110 g/mol. The fourth-order valence-corrected chi connectivity index (χ4v) is 10.6. The Morgan fingerprint density at radius 1 is 0.595 bits per heavy atom. The smallest absolute Gasteiger partial charge is 0.248 e. The number of nitrogens with two attached hydrogens (primary N) is 2. The second-order valence-corrected chi connectivity index (χ2v) is 22.2. The van der Waals surface area contributed by atoms with Crippen LogP contribution in [0, 0.1) is 5.92 Å². The zero-order valence-electron chi connectivity index (χ0n) is 48.7. The molecular formula is C52H89N11O21. The van der Waals surface area contributed by atoms with Crippen LogP contribution in [-0.2, 0) is 66.9 Å². The van der Waals surface area contributed by atoms with Crippen LogP contribution in [0.2, 0.25) is 0 Å². The summed E-state index contributed by atoms with van der Waals surface area (Å²) in [7, 11) is 0. The number of nitrogens with one attached hydrogen (secondary N) is 7. The molecule has 4 aliphatic heterocycles. The number of nitrogens with zero attached hydrogens (tertiary/aromatic N) is 2. The van der Waals surface area contributed by atoms with Gasteiger partial charge in [-0.3, -0.25) is 47.9 Å². The van der Waals surface area contributed by atoms with Gasteiger partial charge in [0, 0.05) is 33.9 Å². The molecule has 4 heterocycles. The van der Waals surface area contributed by atoms with Crippen molar-refractivity contribution < 1.29 is 103 Å². The van der Waals surface area contributed by atoms with Gasteiger partial charge in [0.25, 0.3) is 0 Å². The Labute approximate surface area is 486 Å². The number of primary amides is 1. The van der Waals surface area contributed by atoms with Gasteiger partial charge in [0.1, 0.15) is 91.0 Å². The van der Waals surface area contributed by atoms with E-state index in [0.29, 0.717) is 25.8 Å². The molecule has 4 rings (SSSR count). The summed E-state index contributed by atoms with van der Waals surface area (Å²) in [4.78, 5) is 139. The van der Waals surface area contributed by atoms with Gasteiger partial charge in [-0.15, -0.1) is 0 Å². The lowest BCUT2D eigenvalue weighted by Crippen LogP contribution is -2.68. The van der Waals surface area contributed by atoms with Crippen LogP contribution in [0.15, 0.2) is 0 Å². The summed E-state index contributed by atoms with van der Waals surface area (Å²) in [6.07, 6.45) is -16.9. The van der Waals surface area contributed by atoms with Crippen molar-refractivity contribution >= 4 is 59.1 Å². The molecule has 84 heavy (non-hydrogen) atoms. The topological polar surface area (TPSA) is 492 Å². The van der Waals surface area contributed by atoms with Crippen molar-refractivity contribution in [3.8, 4) is 0 Å². The van der Waals surface area contributed by atoms with E-state index < -0.39 is 194 Å². The van der Waals surface area contributed by atoms with Crippen LogP contribution < -0.4 is 48.7 Å². The number of carbonyl (C=O) groups is 10. The molecule has 0 radical (unpaired) electrons. The van der Waals surface area contributed by atoms with E-state index in [1.54, 1.807) is 13.8 Å². The molecule has 0 aliphatic carbocycles. The molecule has 0 saturated carbocycles. The summed E-state index contributed by atoms with van der Waals surface area (Å²) in [6, 6.07) is -13.8. The summed E-state index contributed by atoms with van der Waals surface area (Å²) >= 11 is 0. The van der Waals surface area contributed by atoms with Crippen molar-refractivity contribution in [1.29, 1.82) is 0 Å². The third-order valence-electron chi connectivity index (χ3n) is 15.1. The Morgan fingerprint density at radius 3 is 1.48 bits per heavy atom. The summed E-state index contributed by atoms with van der Waals surface area (Å²) in [6.45, 7) is 9.17. The Bertz CT molecular complexity index is 2290. The minimum atomic E-state index is -2.09. The first-order valence-corrected chi connectivity index (χ1v) is 28.3. The van der Waals surface area contributed by atoms with E-state index in [0.717, 1.165) is 25.7 Å². The van der Waals surface area contributed by atoms with Crippen LogP contribution in [-0.4, -0.2) is 259 Å². The molecule has 4 aliphatic rings. The summed E-state index contributed by atoms with van der Waals surface area (Å²) in [5.74, 6) is -8.91. The number of rotatable bonds is 29. The molecule has 478 valence electrons. The van der Waals surface area contributed by atoms with Gasteiger partial charge < -0.3 is 113 Å². The monoisotopic (exact) mass is 1200 g/mol. The quantitative estimate of drug-likeness (QED) is 0.0309. The summed E-state index contributed by atoms with van der Waals surface area (Å²) in [5.41, 5.74) is 11.2. The van der Waals surface area contributed by atoms with Crippen LogP contribution in [0.4, 0.5) is 0 Å². The largest absolute Gasteiger partial charge is 0.394 e. The van der Waals surface area contributed by atoms with E-state index in [9.17, 15) is 74.1 Å². The van der Waals surface area contributed by atoms with Crippen molar-refractivity contribution in [1.82, 2.24) is 47.0 Å². The number of aliphatic hydroxyl groups excluding tert-OH is 7. The van der Waals surface area contributed by atoms with Crippen molar-refractivity contribution in [2.24, 2.45) is 17.4 Å². The molecule has 4 fully saturated rings. The molecule has 18 N–H and O–H groups in total. The zero-order chi connectivity index (χ0) is 63.0. The second-order valence-electron chi connectivity index (χ2n) is 22.2. The normalized spacial score (nSPS) is 29.0. The molecule has 0 spiro atoms. The van der Waals surface area contributed by atoms with Crippen molar-refractivity contribution in [3.63, 3.8) is 0 Å². The molecule has 32 nitrogen and oxygen atoms in total. The number of aliphatic hydroxyl groups is 7. The molecule has 0 aromatic carbocycles. The number of unbranched alkanes of at least 4 members (excludes halogenated alkanes) is 1. The fraction of sp³-hybridized carbons (Fsp3) is 0.808. The van der Waals surface area contributed by atoms with Gasteiger partial charge in [-0.25, -0.2) is 0 Å². The minimum absolute atomic E-state index is 0.0584. The third-order valence-corrected chi connectivity index (χ3v) is 15.1. The Hall–Kier alpha value is -5.78. The number of ether oxygens (including phenoxy) is 4. The number of amides is 10. The van der Waals surface area contributed by atoms with Crippen LogP contribution >= 0.6 is 0 Å². The van der Waals surface area contributed by atoms with Crippen molar-refractivity contribution in [2.45, 2.75) is 229 Å². The maximum absolute atomic E-state index is 15.1. The molecule has 10 amide bonds. The Balaban J connectivity index is 1.76. The van der Waals surface area contributed by atoms with Gasteiger partial charge in [-0.05, 0) is 84.6 Å². The highest BCUT2D eigenvalue weighted by atomic mass is 16.7. The summed E-state index contributed by atoms with van der Waals surface area (Å²) in [5, 5.41) is 92.4. The molecule has 0 unspecified atom stereocenters. The molecule has 32 heteroatoms. The summed E-state index contributed by atoms with van der Waals surface area (Å²) < 4.78 is 23.7. The Kier molecular flexibility index (Phi) is 27.5. The molecule has 20 atom stereocenters. The first-order chi connectivity index (χ1) is 39.5. The lowest BCUT2D eigenvalue weighted by Gasteiger charge is -2.44. The number of carbonyl (C=O) groups excluding carboxylic acids is 10. The van der Waals surface area contributed by atoms with Crippen LogP contribution in [0.5, 0.6) is 0 Å². The second kappa shape index (κ2) is 32.6. The zero-order valence-corrected chi connectivity index (χ0v) is 48.7. The number of hydrogen-bond acceptors (Lipinski definition) is 22. The lowest BCUT2D eigenvalue weighted by atomic mass is 9.96. The highest BCUT2D eigenvalue weighted by molar-refractivity contribution is 5.98. The first kappa shape index (κ1) is 70.7. The van der Waals surface area contributed by atoms with E-state index in [4.69, 9.17) is 30.4 Å². The number of likely N-dealkylation sites (tertiary alicyclic amines) is 2. The van der Waals surface area contributed by atoms with Gasteiger partial charge >= 0.3 is 0 Å². The SMILES string of the molecule is CC(=O)N[C@H]1[C@@H](O[C@H](C)[C@H](NC(=O)[C@@H](NC(=O)[C@@H]2CCCN2C(C)=O)[C@@H](C)O[C@H]2O[C@H](CO)[C@H](O)[C@H](O)[C@H]2NC(C)=O)C(=O)N[C@H](C(=O)N2CCC[C@H]2C(=O)N[C@@H](CC(C)C)C(=O)N[C@@H](CCCCN)C(N)=O)[C@@H](C)O)O[C@H](CO)[C@H](O)[C@@H]1O. The molecule has 0 bridgehead atoms. The first-order valence-electron chi connectivity index (χ1n) is 28.3. The predicted octanol–water partition coefficient (Wildman–Crippen LogP) is -7.85. The van der Waals surface area contributed by atoms with Gasteiger partial charge in [0.2, 0.25) is 59.1 Å². The predicted molar refractivity (Wildman–Crippen MR) is 290 cm³/mol. The van der Waals surface area contributed by atoms with E-state index in [-0.39, 0.29) is 51.1 Å². The van der Waals surface area contributed by atoms with Crippen LogP contribution in [0.25, 0.3) is 0 Å². The number of hydrogen-bond donors (Lipinski definition) is 16. The van der Waals surface area contributed by atoms with E-state index in [1.807, 2.05) is 0 Å². The van der Waals surface area contributed by atoms with Gasteiger partial charge in [0.05, 0.1) is 31.5 Å². The molecule has 4 saturated heterocycles. The minimum Gasteiger partial charge on any atom is -0.394 e. The highest BCUT2D eigenvalue weighted by Crippen LogP contribution is 2.27. The molecule has 0 aromatic heterocycles. The van der Waals surface area contributed by atoms with Gasteiger partial charge in [-0.1, -0.05) is 13.8 Å². The maximum atomic E-state index is 15.1. The standard InChI is InChI=1S/C52H89N11O21/c1-22(2)19-30(45(75)57-29(44(54)74)13-9-10-16-53)58-46(76)32-15-12-18-63(32)50(80)35(23(3)66)59-48(78)37(25(5)82-52-39(56-27(7)68)43(73)41(71)34(21-65)84-52)61-49(79)36(60-47(77)31-14-11-17-62(31)28(8)69)24(4)81-51-38(55-26(6)67)42(72)40(70)33(20-64)83-51/h22-25,29-43,51-52,64-66,70-73H,9-21,53H2,1-8H3,(H2,54,74)(H,55,67)(H,56,68)(H,57,75)(H,58,76)(H,59,78)(H,60,77)(H,61,79)/t23-,24-,25-,29+,30+,31+,32+,33-,34-,35+,36+,37+,38-,39-,40+,41+,42-,43-,51+,52+/m1/s1. The van der Waals surface area contributed by atoms with E-state index in [2.05, 4.69) is 37.2 Å². The van der Waals surface area contributed by atoms with E-state index >= 15 is 9.59 Å². The van der Waals surface area contributed by atoms with Crippen LogP contribution in [0.1, 0.15) is 107 Å². The molecule has 0 aromatic rings.